The third kappa shape index (κ3) is 3.66. The normalized spacial score (nSPS) is 10.7. The first-order chi connectivity index (χ1) is 11.1. The number of aryl methyl sites for hydroxylation is 3. The minimum absolute atomic E-state index is 0.0447. The maximum atomic E-state index is 12.1. The van der Waals surface area contributed by atoms with Gasteiger partial charge in [-0.25, -0.2) is 0 Å². The second kappa shape index (κ2) is 6.48. The molecule has 3 aromatic rings. The van der Waals surface area contributed by atoms with E-state index in [2.05, 4.69) is 15.5 Å². The van der Waals surface area contributed by atoms with E-state index >= 15 is 0 Å². The van der Waals surface area contributed by atoms with E-state index in [-0.39, 0.29) is 5.91 Å². The zero-order valence-corrected chi connectivity index (χ0v) is 13.1. The molecule has 0 bridgehead atoms. The van der Waals surface area contributed by atoms with Crippen molar-refractivity contribution in [2.75, 3.05) is 5.32 Å². The fourth-order valence-corrected chi connectivity index (χ4v) is 2.36. The highest BCUT2D eigenvalue weighted by Gasteiger charge is 2.07. The van der Waals surface area contributed by atoms with Crippen LogP contribution in [0.25, 0.3) is 5.69 Å². The molecule has 6 heteroatoms. The standard InChI is InChI=1S/C17H18N4O2/c1-12-6-7-16(23-12)8-9-17(22)19-14-4-3-5-15(10-14)21-11-18-20-13(21)2/h3-7,10-11H,8-9H2,1-2H3,(H,19,22). The SMILES string of the molecule is Cc1ccc(CCC(=O)Nc2cccc(-n3cnnc3C)c2)o1. The number of nitrogens with zero attached hydrogens (tertiary/aromatic N) is 3. The van der Waals surface area contributed by atoms with Crippen molar-refractivity contribution in [3.05, 3.63) is 60.1 Å². The molecule has 0 saturated carbocycles. The first kappa shape index (κ1) is 15.0. The fourth-order valence-electron chi connectivity index (χ4n) is 2.36. The van der Waals surface area contributed by atoms with Crippen LogP contribution >= 0.6 is 0 Å². The lowest BCUT2D eigenvalue weighted by molar-refractivity contribution is -0.116. The summed E-state index contributed by atoms with van der Waals surface area (Å²) in [6, 6.07) is 11.4. The maximum Gasteiger partial charge on any atom is 0.224 e. The summed E-state index contributed by atoms with van der Waals surface area (Å²) >= 11 is 0. The van der Waals surface area contributed by atoms with Crippen molar-refractivity contribution in [1.29, 1.82) is 0 Å². The van der Waals surface area contributed by atoms with E-state index in [1.54, 1.807) is 6.33 Å². The molecule has 0 atom stereocenters. The predicted octanol–water partition coefficient (Wildman–Crippen LogP) is 3.05. The third-order valence-electron chi connectivity index (χ3n) is 3.52. The van der Waals surface area contributed by atoms with Gasteiger partial charge in [-0.3, -0.25) is 9.36 Å². The van der Waals surface area contributed by atoms with E-state index in [4.69, 9.17) is 4.42 Å². The third-order valence-corrected chi connectivity index (χ3v) is 3.52. The molecular weight excluding hydrogens is 292 g/mol. The molecule has 0 aliphatic heterocycles. The molecule has 2 aromatic heterocycles. The Morgan fingerprint density at radius 2 is 2.13 bits per heavy atom. The second-order valence-electron chi connectivity index (χ2n) is 5.36. The minimum Gasteiger partial charge on any atom is -0.466 e. The van der Waals surface area contributed by atoms with Gasteiger partial charge in [-0.2, -0.15) is 0 Å². The van der Waals surface area contributed by atoms with Crippen LogP contribution in [-0.2, 0) is 11.2 Å². The number of amides is 1. The molecule has 0 spiro atoms. The van der Waals surface area contributed by atoms with E-state index in [1.807, 2.05) is 54.8 Å². The van der Waals surface area contributed by atoms with Gasteiger partial charge in [0.15, 0.2) is 0 Å². The summed E-state index contributed by atoms with van der Waals surface area (Å²) < 4.78 is 7.33. The van der Waals surface area contributed by atoms with Crippen molar-refractivity contribution < 1.29 is 9.21 Å². The Balaban J connectivity index is 1.63. The van der Waals surface area contributed by atoms with Gasteiger partial charge in [0.1, 0.15) is 23.7 Å². The summed E-state index contributed by atoms with van der Waals surface area (Å²) in [5, 5.41) is 10.7. The van der Waals surface area contributed by atoms with Crippen molar-refractivity contribution in [3.8, 4) is 5.69 Å². The van der Waals surface area contributed by atoms with Gasteiger partial charge in [-0.15, -0.1) is 10.2 Å². The lowest BCUT2D eigenvalue weighted by Gasteiger charge is -2.08. The number of carbonyl (C=O) groups is 1. The van der Waals surface area contributed by atoms with Gasteiger partial charge in [-0.05, 0) is 44.2 Å². The molecule has 1 N–H and O–H groups in total. The molecule has 0 saturated heterocycles. The van der Waals surface area contributed by atoms with Crippen molar-refractivity contribution in [1.82, 2.24) is 14.8 Å². The van der Waals surface area contributed by atoms with Crippen LogP contribution in [0.4, 0.5) is 5.69 Å². The van der Waals surface area contributed by atoms with Crippen LogP contribution in [0.2, 0.25) is 0 Å². The quantitative estimate of drug-likeness (QED) is 0.786. The first-order valence-corrected chi connectivity index (χ1v) is 7.44. The largest absolute Gasteiger partial charge is 0.466 e. The van der Waals surface area contributed by atoms with Crippen molar-refractivity contribution in [2.45, 2.75) is 26.7 Å². The Bertz CT molecular complexity index is 819. The van der Waals surface area contributed by atoms with Crippen molar-refractivity contribution in [3.63, 3.8) is 0 Å². The Morgan fingerprint density at radius 1 is 1.26 bits per heavy atom. The van der Waals surface area contributed by atoms with Crippen molar-refractivity contribution >= 4 is 11.6 Å². The number of benzene rings is 1. The minimum atomic E-state index is -0.0447. The summed E-state index contributed by atoms with van der Waals surface area (Å²) in [5.41, 5.74) is 1.66. The van der Waals surface area contributed by atoms with E-state index < -0.39 is 0 Å². The topological polar surface area (TPSA) is 73.0 Å². The smallest absolute Gasteiger partial charge is 0.224 e. The Kier molecular flexibility index (Phi) is 4.23. The molecule has 0 aliphatic carbocycles. The van der Waals surface area contributed by atoms with Crippen LogP contribution in [-0.4, -0.2) is 20.7 Å². The van der Waals surface area contributed by atoms with Gasteiger partial charge in [0, 0.05) is 18.5 Å². The first-order valence-electron chi connectivity index (χ1n) is 7.44. The molecule has 0 unspecified atom stereocenters. The number of aromatic nitrogens is 3. The summed E-state index contributed by atoms with van der Waals surface area (Å²) in [6.45, 7) is 3.77. The van der Waals surface area contributed by atoms with Gasteiger partial charge in [0.05, 0.1) is 5.69 Å². The number of carbonyl (C=O) groups excluding carboxylic acids is 1. The molecule has 0 fully saturated rings. The molecule has 0 radical (unpaired) electrons. The fraction of sp³-hybridized carbons (Fsp3) is 0.235. The van der Waals surface area contributed by atoms with Crippen LogP contribution < -0.4 is 5.32 Å². The van der Waals surface area contributed by atoms with E-state index in [1.165, 1.54) is 0 Å². The Morgan fingerprint density at radius 3 is 2.83 bits per heavy atom. The summed E-state index contributed by atoms with van der Waals surface area (Å²) in [6.07, 6.45) is 2.61. The summed E-state index contributed by atoms with van der Waals surface area (Å²) in [4.78, 5) is 12.1. The highest BCUT2D eigenvalue weighted by Crippen LogP contribution is 2.16. The van der Waals surface area contributed by atoms with Crippen molar-refractivity contribution in [2.24, 2.45) is 0 Å². The van der Waals surface area contributed by atoms with E-state index in [0.717, 1.165) is 28.7 Å². The Hall–Kier alpha value is -2.89. The monoisotopic (exact) mass is 310 g/mol. The molecular formula is C17H18N4O2. The molecule has 1 aromatic carbocycles. The van der Waals surface area contributed by atoms with Crippen LogP contribution in [0, 0.1) is 13.8 Å². The van der Waals surface area contributed by atoms with Gasteiger partial charge < -0.3 is 9.73 Å². The molecule has 3 rings (SSSR count). The van der Waals surface area contributed by atoms with Gasteiger partial charge in [-0.1, -0.05) is 6.07 Å². The number of hydrogen-bond donors (Lipinski definition) is 1. The molecule has 6 nitrogen and oxygen atoms in total. The van der Waals surface area contributed by atoms with E-state index in [0.29, 0.717) is 12.8 Å². The maximum absolute atomic E-state index is 12.1. The van der Waals surface area contributed by atoms with Gasteiger partial charge in [0.25, 0.3) is 0 Å². The molecule has 118 valence electrons. The molecule has 1 amide bonds. The highest BCUT2D eigenvalue weighted by atomic mass is 16.3. The average Bonchev–Trinajstić information content (AvgIpc) is 3.14. The van der Waals surface area contributed by atoms with Crippen LogP contribution in [0.1, 0.15) is 23.8 Å². The predicted molar refractivity (Wildman–Crippen MR) is 86.5 cm³/mol. The number of rotatable bonds is 5. The van der Waals surface area contributed by atoms with Crippen LogP contribution in [0.5, 0.6) is 0 Å². The molecule has 0 aliphatic rings. The number of hydrogen-bond acceptors (Lipinski definition) is 4. The number of anilines is 1. The van der Waals surface area contributed by atoms with Crippen LogP contribution in [0.3, 0.4) is 0 Å². The lowest BCUT2D eigenvalue weighted by Crippen LogP contribution is -2.12. The van der Waals surface area contributed by atoms with Gasteiger partial charge in [0.2, 0.25) is 5.91 Å². The lowest BCUT2D eigenvalue weighted by atomic mass is 10.2. The Labute approximate surface area is 134 Å². The number of furan rings is 1. The number of nitrogens with one attached hydrogen (secondary N) is 1. The van der Waals surface area contributed by atoms with Gasteiger partial charge >= 0.3 is 0 Å². The molecule has 2 heterocycles. The second-order valence-corrected chi connectivity index (χ2v) is 5.36. The summed E-state index contributed by atoms with van der Waals surface area (Å²) in [7, 11) is 0. The zero-order valence-electron chi connectivity index (χ0n) is 13.1. The molecule has 23 heavy (non-hydrogen) atoms. The van der Waals surface area contributed by atoms with Crippen LogP contribution in [0.15, 0.2) is 47.1 Å². The zero-order chi connectivity index (χ0) is 16.2. The van der Waals surface area contributed by atoms with E-state index in [9.17, 15) is 4.79 Å². The average molecular weight is 310 g/mol. The summed E-state index contributed by atoms with van der Waals surface area (Å²) in [5.74, 6) is 2.43. The highest BCUT2D eigenvalue weighted by molar-refractivity contribution is 5.91.